The molecular weight excluding hydrogens is 887 g/mol. The van der Waals surface area contributed by atoms with Gasteiger partial charge in [-0.15, -0.1) is 0 Å². The fourth-order valence-electron chi connectivity index (χ4n) is 23.9. The molecule has 0 aliphatic carbocycles. The highest BCUT2D eigenvalue weighted by atomic mass is 13.5. The minimum absolute atomic E-state index is 0.507. The Morgan fingerprint density at radius 1 is 0.0610 bits per heavy atom. The van der Waals surface area contributed by atoms with Gasteiger partial charge in [0.05, 0.1) is 325 Å². The summed E-state index contributed by atoms with van der Waals surface area (Å²) in [6.45, 7) is 0. The van der Waals surface area contributed by atoms with Crippen molar-refractivity contribution in [2.45, 2.75) is 0 Å². The van der Waals surface area contributed by atoms with Gasteiger partial charge in [0.2, 0.25) is 0 Å². The Morgan fingerprint density at radius 2 is 0.110 bits per heavy atom. The van der Waals surface area contributed by atoms with E-state index in [1.54, 1.807) is 0 Å². The normalized spacial score (nSPS) is 9.80. The van der Waals surface area contributed by atoms with E-state index in [0.717, 1.165) is 0 Å². The topological polar surface area (TPSA) is 0 Å². The second-order valence-corrected chi connectivity index (χ2v) is 37.1. The van der Waals surface area contributed by atoms with Crippen LogP contribution in [0, 0.1) is 0 Å². The zero-order chi connectivity index (χ0) is 65.1. The Hall–Kier alpha value is 5.32. The SMILES string of the molecule is BB(B)B(B(B)B)B(B(B)B)B(B(B(B)B)B(B)B)B(B(B(B(B(B)B)B(B)B)B(B(B)B)B(B)B)B(B(B(B)B)B(B)B)B(B(B)B)B(B)B)B(B(B(B(B)B)B(B)B)B(B(B)B)B(B)B)B(B(B(B)B)B(B)B)B(B(B)B)B(B)B. The molecule has 0 aromatic carbocycles. The first-order valence-electron chi connectivity index (χ1n) is 37.2. The maximum Gasteiger partial charge on any atom is 0.0552 e. The summed E-state index contributed by atoms with van der Waals surface area (Å²) in [6.07, 6.45) is 23.0. The van der Waals surface area contributed by atoms with Gasteiger partial charge in [-0.25, -0.2) is 0 Å². The third-order valence-corrected chi connectivity index (χ3v) is 24.2. The van der Waals surface area contributed by atoms with Gasteiger partial charge in [-0.3, -0.25) is 0 Å². The summed E-state index contributed by atoms with van der Waals surface area (Å²) in [4.78, 5) is 0. The lowest BCUT2D eigenvalue weighted by Crippen LogP contribution is -3.00. The highest BCUT2D eigenvalue weighted by molar-refractivity contribution is 8.41. The predicted molar refractivity (Wildman–Crippen MR) is 589 cm³/mol. The van der Waals surface area contributed by atoms with E-state index in [0.29, 0.717) is 255 Å². The highest BCUT2D eigenvalue weighted by Gasteiger charge is 2.67. The molecular formula is H84B82. The lowest BCUT2D eigenvalue weighted by Gasteiger charge is -2.61. The third-order valence-electron chi connectivity index (χ3n) is 24.2. The summed E-state index contributed by atoms with van der Waals surface area (Å²) in [5, 5.41) is 0. The van der Waals surface area contributed by atoms with Crippen LogP contribution >= 0.6 is 0 Å². The smallest absolute Gasteiger partial charge is 0.00000283 e. The molecule has 0 atom stereocenters. The fraction of sp³-hybridized carbons (Fsp3) is 0. The van der Waals surface area contributed by atoms with Crippen molar-refractivity contribution in [1.82, 2.24) is 0 Å². The van der Waals surface area contributed by atoms with Crippen molar-refractivity contribution in [2.24, 2.45) is 0 Å². The van der Waals surface area contributed by atoms with Crippen molar-refractivity contribution in [3.8, 4) is 0 Å². The molecule has 0 radical (unpaired) electrons. The van der Waals surface area contributed by atoms with E-state index in [1.165, 1.54) is 0 Å². The van der Waals surface area contributed by atoms with Crippen LogP contribution in [-0.4, -0.2) is 580 Å². The molecule has 0 aliphatic rings. The summed E-state index contributed by atoms with van der Waals surface area (Å²) in [6, 6.07) is 0. The molecule has 0 fully saturated rings. The molecule has 330 valence electrons. The van der Waals surface area contributed by atoms with Gasteiger partial charge in [-0.05, 0) is 0 Å². The standard InChI is InChI=1S/B82H84/c1-43(2)64(44(3)4)74(63(41)42)79(73(61(37)38)62(39)40)82(80(75(65(45(5)6)46(7)8)66(47(9)10)48(11)12)76(67(49(13)14)50(15)16)68(51(17)18)52(19)20)81(77(69(53(21)22)54(23)24)70(55(25)26)56(27)28)78(71(57(29)30)58(31)32)72(59(33)34)60(35)36/h1-42H2. The van der Waals surface area contributed by atoms with E-state index in [-0.39, 0.29) is 0 Å². The molecule has 0 bridgehead atoms. The molecule has 0 heterocycles. The van der Waals surface area contributed by atoms with E-state index in [9.17, 15) is 0 Å². The largest absolute Gasteiger partial charge is 0.0552 e. The van der Waals surface area contributed by atoms with E-state index in [1.807, 2.05) is 0 Å². The minimum Gasteiger partial charge on any atom is 0.00000283 e. The van der Waals surface area contributed by atoms with Crippen molar-refractivity contribution < 1.29 is 0 Å². The third kappa shape index (κ3) is 23.3. The summed E-state index contributed by atoms with van der Waals surface area (Å²) in [5.74, 6) is 0. The molecule has 0 rings (SSSR count). The fourth-order valence-corrected chi connectivity index (χ4v) is 23.9. The Kier molecular flexibility index (Phi) is 42.6. The monoisotopic (exact) mass is 987 g/mol. The first kappa shape index (κ1) is 87.3. The van der Waals surface area contributed by atoms with Crippen molar-refractivity contribution >= 4 is 580 Å². The quantitative estimate of drug-likeness (QED) is 0.0539. The number of hydrogen-bond acceptors (Lipinski definition) is 0. The van der Waals surface area contributed by atoms with Gasteiger partial charge in [0.25, 0.3) is 0 Å². The van der Waals surface area contributed by atoms with Crippen LogP contribution in [0.25, 0.3) is 0 Å². The maximum atomic E-state index is 2.77. The van der Waals surface area contributed by atoms with E-state index in [4.69, 9.17) is 0 Å². The van der Waals surface area contributed by atoms with Crippen LogP contribution in [0.5, 0.6) is 0 Å². The molecule has 82 heavy (non-hydrogen) atoms. The molecule has 0 aromatic heterocycles. The van der Waals surface area contributed by atoms with Crippen LogP contribution in [0.3, 0.4) is 0 Å². The van der Waals surface area contributed by atoms with Crippen molar-refractivity contribution in [1.29, 1.82) is 0 Å². The summed E-state index contributed by atoms with van der Waals surface area (Å²) in [5.41, 5.74) is 0. The Morgan fingerprint density at radius 3 is 0.183 bits per heavy atom. The van der Waals surface area contributed by atoms with Crippen molar-refractivity contribution in [3.05, 3.63) is 0 Å². The van der Waals surface area contributed by atoms with Crippen molar-refractivity contribution in [2.75, 3.05) is 0 Å². The molecule has 0 amide bonds. The molecule has 0 saturated carbocycles. The molecule has 82 heteroatoms. The van der Waals surface area contributed by atoms with E-state index in [2.05, 4.69) is 325 Å². The molecule has 0 nitrogen and oxygen atoms in total. The lowest BCUT2D eigenvalue weighted by molar-refractivity contribution is 3.14. The average Bonchev–Trinajstić information content (AvgIpc) is 3.24. The zero-order valence-electron chi connectivity index (χ0n) is 65.1. The zero-order valence-corrected chi connectivity index (χ0v) is 65.1. The molecule has 0 saturated heterocycles. The molecule has 0 aromatic rings. The Labute approximate surface area is 574 Å². The molecule has 0 N–H and O–H groups in total. The first-order chi connectivity index (χ1) is 37.2. The van der Waals surface area contributed by atoms with Crippen LogP contribution in [0.4, 0.5) is 0 Å². The average molecular weight is 971 g/mol. The van der Waals surface area contributed by atoms with Gasteiger partial charge in [0, 0.05) is 255 Å². The number of hydrogen-bond donors (Lipinski definition) is 0. The first-order valence-corrected chi connectivity index (χ1v) is 37.2. The van der Waals surface area contributed by atoms with Crippen LogP contribution in [0.1, 0.15) is 0 Å². The maximum absolute atomic E-state index is 2.77. The molecule has 0 aliphatic heterocycles. The predicted octanol–water partition coefficient (Wildman–Crippen LogP) is -53.7. The summed E-state index contributed by atoms with van der Waals surface area (Å²) in [7, 11) is 114. The van der Waals surface area contributed by atoms with Crippen LogP contribution in [0.2, 0.25) is 0 Å². The molecule has 0 spiro atoms. The second-order valence-electron chi connectivity index (χ2n) is 37.1. The van der Waals surface area contributed by atoms with E-state index >= 15 is 0 Å². The van der Waals surface area contributed by atoms with Gasteiger partial charge in [0.1, 0.15) is 0 Å². The summed E-state index contributed by atoms with van der Waals surface area (Å²) >= 11 is 0. The molecule has 0 unspecified atom stereocenters. The van der Waals surface area contributed by atoms with Crippen molar-refractivity contribution in [3.63, 3.8) is 0 Å². The van der Waals surface area contributed by atoms with Gasteiger partial charge in [-0.2, -0.15) is 0 Å². The van der Waals surface area contributed by atoms with Gasteiger partial charge in [-0.1, -0.05) is 0 Å². The minimum atomic E-state index is 0.507. The van der Waals surface area contributed by atoms with Crippen LogP contribution < -0.4 is 0 Å². The van der Waals surface area contributed by atoms with Crippen LogP contribution in [0.15, 0.2) is 0 Å². The van der Waals surface area contributed by atoms with Gasteiger partial charge < -0.3 is 0 Å². The second kappa shape index (κ2) is 40.0. The Bertz CT molecular complexity index is 1280. The summed E-state index contributed by atoms with van der Waals surface area (Å²) < 4.78 is 0. The van der Waals surface area contributed by atoms with Crippen LogP contribution in [-0.2, 0) is 0 Å². The van der Waals surface area contributed by atoms with Gasteiger partial charge >= 0.3 is 0 Å². The Balaban J connectivity index is 12.9. The van der Waals surface area contributed by atoms with E-state index < -0.39 is 0 Å². The van der Waals surface area contributed by atoms with Gasteiger partial charge in [0.15, 0.2) is 0 Å². The number of rotatable bonds is 39. The highest BCUT2D eigenvalue weighted by Crippen LogP contribution is 2.28. The lowest BCUT2D eigenvalue weighted by atomic mass is 8.20.